The Labute approximate surface area is 134 Å². The van der Waals surface area contributed by atoms with Crippen molar-refractivity contribution in [2.45, 2.75) is 0 Å². The van der Waals surface area contributed by atoms with Gasteiger partial charge in [0, 0.05) is 16.7 Å². The molecule has 0 aliphatic rings. The van der Waals surface area contributed by atoms with Crippen LogP contribution in [0.15, 0.2) is 51.6 Å². The van der Waals surface area contributed by atoms with Crippen LogP contribution in [0.2, 0.25) is 5.02 Å². The summed E-state index contributed by atoms with van der Waals surface area (Å²) < 4.78 is 10.6. The summed E-state index contributed by atoms with van der Waals surface area (Å²) >= 11 is 8.88. The van der Waals surface area contributed by atoms with E-state index in [1.807, 2.05) is 0 Å². The molecule has 0 fully saturated rings. The van der Waals surface area contributed by atoms with Crippen LogP contribution in [0.1, 0.15) is 16.1 Å². The van der Waals surface area contributed by atoms with Gasteiger partial charge in [-0.05, 0) is 58.4 Å². The van der Waals surface area contributed by atoms with E-state index in [-0.39, 0.29) is 12.4 Å². The maximum Gasteiger partial charge on any atom is 0.331 e. The summed E-state index contributed by atoms with van der Waals surface area (Å²) in [6.45, 7) is -0.327. The summed E-state index contributed by atoms with van der Waals surface area (Å²) in [6.07, 6.45) is 2.65. The fourth-order valence-electron chi connectivity index (χ4n) is 1.47. The molecule has 0 radical (unpaired) electrons. The van der Waals surface area contributed by atoms with E-state index in [9.17, 15) is 9.59 Å². The third-order valence-corrected chi connectivity index (χ3v) is 3.17. The van der Waals surface area contributed by atoms with Crippen molar-refractivity contribution in [2.75, 3.05) is 6.61 Å². The van der Waals surface area contributed by atoms with Crippen molar-refractivity contribution in [1.29, 1.82) is 0 Å². The lowest BCUT2D eigenvalue weighted by Gasteiger charge is -2.01. The minimum Gasteiger partial charge on any atom is -0.454 e. The van der Waals surface area contributed by atoms with Gasteiger partial charge in [0.05, 0.1) is 0 Å². The number of hydrogen-bond donors (Lipinski definition) is 0. The average Bonchev–Trinajstić information content (AvgIpc) is 2.89. The lowest BCUT2D eigenvalue weighted by atomic mass is 10.1. The van der Waals surface area contributed by atoms with Gasteiger partial charge < -0.3 is 9.15 Å². The summed E-state index contributed by atoms with van der Waals surface area (Å²) in [4.78, 5) is 23.2. The minimum absolute atomic E-state index is 0.297. The molecule has 1 aromatic carbocycles. The van der Waals surface area contributed by atoms with Crippen molar-refractivity contribution in [1.82, 2.24) is 0 Å². The van der Waals surface area contributed by atoms with Crippen molar-refractivity contribution in [2.24, 2.45) is 0 Å². The molecule has 0 N–H and O–H groups in total. The molecule has 2 aromatic rings. The van der Waals surface area contributed by atoms with Crippen LogP contribution in [0.4, 0.5) is 0 Å². The Morgan fingerprint density at radius 1 is 1.19 bits per heavy atom. The van der Waals surface area contributed by atoms with Crippen molar-refractivity contribution in [3.05, 3.63) is 63.5 Å². The molecule has 6 heteroatoms. The molecule has 0 amide bonds. The number of rotatable bonds is 5. The Morgan fingerprint density at radius 2 is 1.90 bits per heavy atom. The molecular formula is C15H10BrClO4. The molecule has 0 saturated carbocycles. The predicted octanol–water partition coefficient (Wildman–Crippen LogP) is 4.13. The van der Waals surface area contributed by atoms with Crippen LogP contribution in [0.3, 0.4) is 0 Å². The van der Waals surface area contributed by atoms with Gasteiger partial charge in [0.25, 0.3) is 0 Å². The number of halogens is 2. The Bertz CT molecular complexity index is 673. The largest absolute Gasteiger partial charge is 0.454 e. The molecule has 0 atom stereocenters. The van der Waals surface area contributed by atoms with E-state index < -0.39 is 5.97 Å². The number of furan rings is 1. The topological polar surface area (TPSA) is 56.5 Å². The molecule has 108 valence electrons. The number of hydrogen-bond acceptors (Lipinski definition) is 4. The highest BCUT2D eigenvalue weighted by Gasteiger charge is 2.08. The summed E-state index contributed by atoms with van der Waals surface area (Å²) in [5.74, 6) is -0.415. The summed E-state index contributed by atoms with van der Waals surface area (Å²) in [5, 5.41) is 0.538. The van der Waals surface area contributed by atoms with Crippen molar-refractivity contribution in [3.63, 3.8) is 0 Å². The number of ketones is 1. The lowest BCUT2D eigenvalue weighted by molar-refractivity contribution is -0.136. The summed E-state index contributed by atoms with van der Waals surface area (Å²) in [5.41, 5.74) is 0.436. The normalized spacial score (nSPS) is 10.8. The first-order valence-electron chi connectivity index (χ1n) is 5.93. The second-order valence-electron chi connectivity index (χ2n) is 4.01. The first-order valence-corrected chi connectivity index (χ1v) is 7.10. The number of benzene rings is 1. The number of carbonyl (C=O) groups excluding carboxylic acids is 2. The first kappa shape index (κ1) is 15.5. The molecule has 1 heterocycles. The molecule has 0 saturated heterocycles. The Morgan fingerprint density at radius 3 is 2.52 bits per heavy atom. The minimum atomic E-state index is -0.621. The zero-order chi connectivity index (χ0) is 15.2. The quantitative estimate of drug-likeness (QED) is 0.452. The van der Waals surface area contributed by atoms with Crippen LogP contribution < -0.4 is 0 Å². The van der Waals surface area contributed by atoms with Crippen LogP contribution in [0, 0.1) is 0 Å². The van der Waals surface area contributed by atoms with Crippen LogP contribution in [0.5, 0.6) is 0 Å². The predicted molar refractivity (Wildman–Crippen MR) is 82.2 cm³/mol. The molecule has 0 aliphatic carbocycles. The van der Waals surface area contributed by atoms with E-state index in [0.29, 0.717) is 21.0 Å². The van der Waals surface area contributed by atoms with Crippen LogP contribution in [0.25, 0.3) is 6.08 Å². The highest BCUT2D eigenvalue weighted by molar-refractivity contribution is 9.10. The standard InChI is InChI=1S/C15H10BrClO4/c16-14-7-5-12(21-14)6-8-15(19)20-9-13(18)10-1-3-11(17)4-2-10/h1-8H,9H2. The van der Waals surface area contributed by atoms with E-state index >= 15 is 0 Å². The molecule has 21 heavy (non-hydrogen) atoms. The fraction of sp³-hybridized carbons (Fsp3) is 0.0667. The molecular weight excluding hydrogens is 360 g/mol. The number of ether oxygens (including phenoxy) is 1. The SMILES string of the molecule is O=C(C=Cc1ccc(Br)o1)OCC(=O)c1ccc(Cl)cc1. The van der Waals surface area contributed by atoms with E-state index in [2.05, 4.69) is 15.9 Å². The van der Waals surface area contributed by atoms with E-state index in [1.165, 1.54) is 12.2 Å². The average molecular weight is 370 g/mol. The van der Waals surface area contributed by atoms with Crippen LogP contribution in [-0.4, -0.2) is 18.4 Å². The first-order chi connectivity index (χ1) is 10.0. The van der Waals surface area contributed by atoms with Crippen molar-refractivity contribution >= 4 is 45.4 Å². The fourth-order valence-corrected chi connectivity index (χ4v) is 1.92. The van der Waals surface area contributed by atoms with Crippen molar-refractivity contribution in [3.8, 4) is 0 Å². The van der Waals surface area contributed by atoms with E-state index in [1.54, 1.807) is 36.4 Å². The Hall–Kier alpha value is -1.85. The third kappa shape index (κ3) is 4.88. The highest BCUT2D eigenvalue weighted by atomic mass is 79.9. The van der Waals surface area contributed by atoms with E-state index in [0.717, 1.165) is 0 Å². The molecule has 0 aliphatic heterocycles. The van der Waals surface area contributed by atoms with Gasteiger partial charge in [-0.25, -0.2) is 4.79 Å². The van der Waals surface area contributed by atoms with Gasteiger partial charge in [0.15, 0.2) is 17.1 Å². The Balaban J connectivity index is 1.85. The highest BCUT2D eigenvalue weighted by Crippen LogP contribution is 2.15. The monoisotopic (exact) mass is 368 g/mol. The third-order valence-electron chi connectivity index (χ3n) is 2.49. The second kappa shape index (κ2) is 7.24. The lowest BCUT2D eigenvalue weighted by Crippen LogP contribution is -2.12. The zero-order valence-electron chi connectivity index (χ0n) is 10.7. The van der Waals surface area contributed by atoms with Gasteiger partial charge >= 0.3 is 5.97 Å². The molecule has 0 unspecified atom stereocenters. The molecule has 0 bridgehead atoms. The molecule has 1 aromatic heterocycles. The number of esters is 1. The molecule has 4 nitrogen and oxygen atoms in total. The Kier molecular flexibility index (Phi) is 5.36. The van der Waals surface area contributed by atoms with Crippen LogP contribution in [-0.2, 0) is 9.53 Å². The maximum atomic E-state index is 11.8. The summed E-state index contributed by atoms with van der Waals surface area (Å²) in [6, 6.07) is 9.75. The number of carbonyl (C=O) groups is 2. The number of Topliss-reactive ketones (excluding diaryl/α,β-unsaturated/α-hetero) is 1. The maximum absolute atomic E-state index is 11.8. The van der Waals surface area contributed by atoms with Gasteiger partial charge in [0.1, 0.15) is 5.76 Å². The smallest absolute Gasteiger partial charge is 0.331 e. The van der Waals surface area contributed by atoms with E-state index in [4.69, 9.17) is 20.8 Å². The van der Waals surface area contributed by atoms with Gasteiger partial charge in [-0.15, -0.1) is 0 Å². The van der Waals surface area contributed by atoms with Crippen molar-refractivity contribution < 1.29 is 18.7 Å². The molecule has 2 rings (SSSR count). The summed E-state index contributed by atoms with van der Waals surface area (Å²) in [7, 11) is 0. The van der Waals surface area contributed by atoms with Gasteiger partial charge in [-0.2, -0.15) is 0 Å². The second-order valence-corrected chi connectivity index (χ2v) is 5.23. The van der Waals surface area contributed by atoms with Gasteiger partial charge in [0.2, 0.25) is 0 Å². The van der Waals surface area contributed by atoms with Gasteiger partial charge in [-0.1, -0.05) is 11.6 Å². The van der Waals surface area contributed by atoms with Gasteiger partial charge in [-0.3, -0.25) is 4.79 Å². The zero-order valence-corrected chi connectivity index (χ0v) is 13.1. The van der Waals surface area contributed by atoms with Crippen LogP contribution >= 0.6 is 27.5 Å². The molecule has 0 spiro atoms.